The molecule has 140 valence electrons. The number of piperidine rings is 1. The molecule has 0 aliphatic carbocycles. The van der Waals surface area contributed by atoms with E-state index >= 15 is 0 Å². The standard InChI is InChI=1S/C19H23NO6/c1-20-12-6-7-19(20,16(18(23)24)10-17(21)22)11-15(8-12)26-14-5-3-4-13(9-14)25-2/h3-5,9-10,12,15H,6-8,11H2,1-2H3,(H,21,22)(H,23,24)/b16-10-. The number of carbonyl (C=O) groups is 2. The van der Waals surface area contributed by atoms with Gasteiger partial charge in [0, 0.05) is 24.6 Å². The van der Waals surface area contributed by atoms with Crippen molar-refractivity contribution in [3.05, 3.63) is 35.9 Å². The second-order valence-corrected chi connectivity index (χ2v) is 6.90. The topological polar surface area (TPSA) is 96.3 Å². The maximum absolute atomic E-state index is 11.8. The number of benzene rings is 1. The van der Waals surface area contributed by atoms with E-state index in [1.165, 1.54) is 0 Å². The number of ether oxygens (including phenoxy) is 2. The summed E-state index contributed by atoms with van der Waals surface area (Å²) in [5, 5.41) is 18.8. The molecule has 0 aromatic heterocycles. The van der Waals surface area contributed by atoms with Gasteiger partial charge in [-0.25, -0.2) is 9.59 Å². The number of fused-ring (bicyclic) bond motifs is 2. The van der Waals surface area contributed by atoms with Gasteiger partial charge < -0.3 is 19.7 Å². The van der Waals surface area contributed by atoms with E-state index < -0.39 is 17.5 Å². The zero-order valence-corrected chi connectivity index (χ0v) is 14.8. The fraction of sp³-hybridized carbons (Fsp3) is 0.474. The van der Waals surface area contributed by atoms with Crippen LogP contribution in [0.4, 0.5) is 0 Å². The van der Waals surface area contributed by atoms with E-state index in [1.54, 1.807) is 13.2 Å². The summed E-state index contributed by atoms with van der Waals surface area (Å²) < 4.78 is 11.3. The SMILES string of the molecule is COc1cccc(OC2CC3CCC(/C(=C\C(=O)O)C(=O)O)(C2)N3C)c1. The zero-order valence-electron chi connectivity index (χ0n) is 14.8. The number of methoxy groups -OCH3 is 1. The Morgan fingerprint density at radius 1 is 1.31 bits per heavy atom. The van der Waals surface area contributed by atoms with Gasteiger partial charge in [0.05, 0.1) is 18.2 Å². The average molecular weight is 361 g/mol. The predicted octanol–water partition coefficient (Wildman–Crippen LogP) is 2.17. The van der Waals surface area contributed by atoms with Crippen LogP contribution in [0.2, 0.25) is 0 Å². The van der Waals surface area contributed by atoms with Crippen molar-refractivity contribution < 1.29 is 29.3 Å². The number of aliphatic carboxylic acids is 2. The van der Waals surface area contributed by atoms with Crippen molar-refractivity contribution in [1.82, 2.24) is 4.90 Å². The lowest BCUT2D eigenvalue weighted by atomic mass is 9.80. The highest BCUT2D eigenvalue weighted by Crippen LogP contribution is 2.48. The van der Waals surface area contributed by atoms with Crippen LogP contribution < -0.4 is 9.47 Å². The molecule has 2 N–H and O–H groups in total. The Morgan fingerprint density at radius 2 is 2.04 bits per heavy atom. The van der Waals surface area contributed by atoms with Crippen LogP contribution in [-0.2, 0) is 9.59 Å². The third-order valence-corrected chi connectivity index (χ3v) is 5.56. The quantitative estimate of drug-likeness (QED) is 0.750. The first kappa shape index (κ1) is 18.3. The third-order valence-electron chi connectivity index (χ3n) is 5.56. The fourth-order valence-corrected chi connectivity index (χ4v) is 4.32. The molecular weight excluding hydrogens is 338 g/mol. The highest BCUT2D eigenvalue weighted by atomic mass is 16.5. The molecule has 3 unspecified atom stereocenters. The molecule has 7 nitrogen and oxygen atoms in total. The number of carboxylic acid groups (broad SMARTS) is 2. The van der Waals surface area contributed by atoms with Crippen LogP contribution >= 0.6 is 0 Å². The summed E-state index contributed by atoms with van der Waals surface area (Å²) in [6.45, 7) is 0. The van der Waals surface area contributed by atoms with Crippen molar-refractivity contribution in [3.8, 4) is 11.5 Å². The van der Waals surface area contributed by atoms with E-state index in [2.05, 4.69) is 0 Å². The maximum atomic E-state index is 11.8. The van der Waals surface area contributed by atoms with Gasteiger partial charge in [-0.1, -0.05) is 6.07 Å². The van der Waals surface area contributed by atoms with E-state index in [1.807, 2.05) is 30.1 Å². The zero-order chi connectivity index (χ0) is 18.9. The first-order valence-corrected chi connectivity index (χ1v) is 8.58. The summed E-state index contributed by atoms with van der Waals surface area (Å²) in [6.07, 6.45) is 3.27. The maximum Gasteiger partial charge on any atom is 0.333 e. The largest absolute Gasteiger partial charge is 0.497 e. The van der Waals surface area contributed by atoms with Crippen molar-refractivity contribution in [3.63, 3.8) is 0 Å². The normalized spacial score (nSPS) is 28.6. The monoisotopic (exact) mass is 361 g/mol. The number of nitrogens with zero attached hydrogens (tertiary/aromatic N) is 1. The highest BCUT2D eigenvalue weighted by molar-refractivity contribution is 5.96. The minimum absolute atomic E-state index is 0.0751. The lowest BCUT2D eigenvalue weighted by Crippen LogP contribution is -2.55. The molecule has 0 amide bonds. The van der Waals surface area contributed by atoms with Gasteiger partial charge in [-0.05, 0) is 38.4 Å². The molecular formula is C19H23NO6. The summed E-state index contributed by atoms with van der Waals surface area (Å²) in [4.78, 5) is 25.0. The molecule has 2 saturated heterocycles. The van der Waals surface area contributed by atoms with Gasteiger partial charge >= 0.3 is 11.9 Å². The first-order valence-electron chi connectivity index (χ1n) is 8.58. The Hall–Kier alpha value is -2.54. The molecule has 3 atom stereocenters. The number of rotatable bonds is 6. The molecule has 26 heavy (non-hydrogen) atoms. The smallest absolute Gasteiger partial charge is 0.333 e. The van der Waals surface area contributed by atoms with Crippen LogP contribution in [0.1, 0.15) is 25.7 Å². The van der Waals surface area contributed by atoms with E-state index in [9.17, 15) is 14.7 Å². The Kier molecular flexibility index (Phi) is 4.91. The molecule has 2 aliphatic rings. The number of hydrogen-bond acceptors (Lipinski definition) is 5. The molecule has 2 bridgehead atoms. The Balaban J connectivity index is 1.89. The molecule has 1 aromatic rings. The fourth-order valence-electron chi connectivity index (χ4n) is 4.32. The van der Waals surface area contributed by atoms with E-state index in [-0.39, 0.29) is 17.7 Å². The molecule has 7 heteroatoms. The van der Waals surface area contributed by atoms with Gasteiger partial charge in [0.25, 0.3) is 0 Å². The van der Waals surface area contributed by atoms with Crippen LogP contribution in [0, 0.1) is 0 Å². The lowest BCUT2D eigenvalue weighted by Gasteiger charge is -2.45. The highest BCUT2D eigenvalue weighted by Gasteiger charge is 2.54. The second-order valence-electron chi connectivity index (χ2n) is 6.90. The second kappa shape index (κ2) is 6.99. The Bertz CT molecular complexity index is 745. The van der Waals surface area contributed by atoms with Crippen LogP contribution in [0.3, 0.4) is 0 Å². The first-order chi connectivity index (χ1) is 12.4. The van der Waals surface area contributed by atoms with Gasteiger partial charge in [0.2, 0.25) is 0 Å². The third kappa shape index (κ3) is 3.26. The molecule has 2 fully saturated rings. The van der Waals surface area contributed by atoms with Gasteiger partial charge in [-0.15, -0.1) is 0 Å². The van der Waals surface area contributed by atoms with Crippen LogP contribution in [0.5, 0.6) is 11.5 Å². The van der Waals surface area contributed by atoms with Gasteiger partial charge in [-0.2, -0.15) is 0 Å². The van der Waals surface area contributed by atoms with Gasteiger partial charge in [0.1, 0.15) is 17.6 Å². The van der Waals surface area contributed by atoms with E-state index in [0.29, 0.717) is 24.3 Å². The summed E-state index contributed by atoms with van der Waals surface area (Å²) in [7, 11) is 3.46. The Labute approximate surface area is 151 Å². The van der Waals surface area contributed by atoms with Crippen LogP contribution in [-0.4, -0.2) is 58.9 Å². The summed E-state index contributed by atoms with van der Waals surface area (Å²) >= 11 is 0. The molecule has 1 aromatic carbocycles. The van der Waals surface area contributed by atoms with Crippen LogP contribution in [0.25, 0.3) is 0 Å². The van der Waals surface area contributed by atoms with E-state index in [4.69, 9.17) is 14.6 Å². The molecule has 0 spiro atoms. The number of likely N-dealkylation sites (N-methyl/N-ethyl adjacent to an activating group) is 1. The van der Waals surface area contributed by atoms with Gasteiger partial charge in [0.15, 0.2) is 0 Å². The van der Waals surface area contributed by atoms with Crippen LogP contribution in [0.15, 0.2) is 35.9 Å². The Morgan fingerprint density at radius 3 is 2.69 bits per heavy atom. The molecule has 0 radical (unpaired) electrons. The lowest BCUT2D eigenvalue weighted by molar-refractivity contribution is -0.137. The average Bonchev–Trinajstić information content (AvgIpc) is 2.79. The summed E-state index contributed by atoms with van der Waals surface area (Å²) in [5.74, 6) is -1.09. The number of carboxylic acids is 2. The van der Waals surface area contributed by atoms with Crippen molar-refractivity contribution in [2.45, 2.75) is 43.4 Å². The van der Waals surface area contributed by atoms with Crippen molar-refractivity contribution >= 4 is 11.9 Å². The van der Waals surface area contributed by atoms with Crippen molar-refractivity contribution in [2.75, 3.05) is 14.2 Å². The van der Waals surface area contributed by atoms with E-state index in [0.717, 1.165) is 18.9 Å². The van der Waals surface area contributed by atoms with Crippen molar-refractivity contribution in [1.29, 1.82) is 0 Å². The van der Waals surface area contributed by atoms with Gasteiger partial charge in [-0.3, -0.25) is 4.90 Å². The summed E-state index contributed by atoms with van der Waals surface area (Å²) in [6, 6.07) is 7.44. The summed E-state index contributed by atoms with van der Waals surface area (Å²) in [5.41, 5.74) is -0.898. The number of hydrogen-bond donors (Lipinski definition) is 2. The molecule has 3 rings (SSSR count). The molecule has 2 heterocycles. The minimum atomic E-state index is -1.25. The molecule has 2 aliphatic heterocycles. The minimum Gasteiger partial charge on any atom is -0.497 e. The predicted molar refractivity (Wildman–Crippen MR) is 93.5 cm³/mol. The van der Waals surface area contributed by atoms with Crippen molar-refractivity contribution in [2.24, 2.45) is 0 Å². The molecule has 0 saturated carbocycles.